The average Bonchev–Trinajstić information content (AvgIpc) is 2.63. The Kier molecular flexibility index (Phi) is 5.14. The van der Waals surface area contributed by atoms with Crippen molar-refractivity contribution in [1.82, 2.24) is 4.90 Å². The number of aliphatic hydroxyl groups is 1. The van der Waals surface area contributed by atoms with E-state index in [9.17, 15) is 19.8 Å². The van der Waals surface area contributed by atoms with Crippen LogP contribution in [0.15, 0.2) is 60.7 Å². The smallest absolute Gasteiger partial charge is 0.326 e. The summed E-state index contributed by atoms with van der Waals surface area (Å²) in [7, 11) is 0. The minimum absolute atomic E-state index is 0.0668. The van der Waals surface area contributed by atoms with Crippen molar-refractivity contribution in [3.8, 4) is 0 Å². The van der Waals surface area contributed by atoms with Crippen LogP contribution in [0.2, 0.25) is 0 Å². The summed E-state index contributed by atoms with van der Waals surface area (Å²) >= 11 is 0. The number of benzene rings is 2. The molecule has 1 fully saturated rings. The van der Waals surface area contributed by atoms with Crippen LogP contribution in [0, 0.1) is 0 Å². The number of carbonyl (C=O) groups is 2. The van der Waals surface area contributed by atoms with Gasteiger partial charge in [0.05, 0.1) is 12.0 Å². The van der Waals surface area contributed by atoms with Gasteiger partial charge in [-0.2, -0.15) is 0 Å². The Labute approximate surface area is 146 Å². The van der Waals surface area contributed by atoms with Gasteiger partial charge in [0, 0.05) is 13.0 Å². The summed E-state index contributed by atoms with van der Waals surface area (Å²) in [5, 5.41) is 19.3. The number of aliphatic hydroxyl groups excluding tert-OH is 1. The van der Waals surface area contributed by atoms with Crippen molar-refractivity contribution in [2.75, 3.05) is 6.54 Å². The summed E-state index contributed by atoms with van der Waals surface area (Å²) in [5.74, 6) is -1.87. The summed E-state index contributed by atoms with van der Waals surface area (Å²) in [6.45, 7) is 0.243. The van der Waals surface area contributed by atoms with Crippen molar-refractivity contribution in [2.45, 2.75) is 30.9 Å². The first-order valence-electron chi connectivity index (χ1n) is 8.39. The number of nitrogens with zero attached hydrogens (tertiary/aromatic N) is 1. The number of aliphatic carboxylic acids is 1. The molecular formula is C20H21NO4. The van der Waals surface area contributed by atoms with Gasteiger partial charge in [-0.1, -0.05) is 60.7 Å². The Bertz CT molecular complexity index is 692. The van der Waals surface area contributed by atoms with Gasteiger partial charge in [-0.15, -0.1) is 0 Å². The van der Waals surface area contributed by atoms with Crippen LogP contribution in [0.25, 0.3) is 0 Å². The van der Waals surface area contributed by atoms with Crippen LogP contribution in [-0.4, -0.2) is 45.7 Å². The molecule has 2 atom stereocenters. The molecule has 2 aromatic rings. The van der Waals surface area contributed by atoms with E-state index in [0.29, 0.717) is 6.42 Å². The molecule has 0 radical (unpaired) electrons. The topological polar surface area (TPSA) is 77.8 Å². The Morgan fingerprint density at radius 2 is 1.48 bits per heavy atom. The molecule has 1 amide bonds. The first kappa shape index (κ1) is 17.2. The van der Waals surface area contributed by atoms with Crippen LogP contribution in [0.3, 0.4) is 0 Å². The van der Waals surface area contributed by atoms with Gasteiger partial charge >= 0.3 is 5.97 Å². The van der Waals surface area contributed by atoms with Crippen molar-refractivity contribution in [2.24, 2.45) is 0 Å². The van der Waals surface area contributed by atoms with Gasteiger partial charge in [-0.05, 0) is 17.5 Å². The van der Waals surface area contributed by atoms with E-state index in [1.807, 2.05) is 60.7 Å². The van der Waals surface area contributed by atoms with Gasteiger partial charge in [-0.3, -0.25) is 4.79 Å². The number of amides is 1. The molecule has 0 aromatic heterocycles. The second kappa shape index (κ2) is 7.49. The number of carboxylic acid groups (broad SMARTS) is 1. The number of likely N-dealkylation sites (tertiary alicyclic amines) is 1. The van der Waals surface area contributed by atoms with E-state index < -0.39 is 24.0 Å². The largest absolute Gasteiger partial charge is 0.480 e. The lowest BCUT2D eigenvalue weighted by atomic mass is 9.88. The maximum Gasteiger partial charge on any atom is 0.326 e. The van der Waals surface area contributed by atoms with Gasteiger partial charge in [0.2, 0.25) is 5.91 Å². The van der Waals surface area contributed by atoms with Crippen molar-refractivity contribution in [3.63, 3.8) is 0 Å². The SMILES string of the molecule is O=C(O)C1CC(O)CCN1C(=O)C(c1ccccc1)c1ccccc1. The fraction of sp³-hybridized carbons (Fsp3) is 0.300. The standard InChI is InChI=1S/C20H21NO4/c22-16-11-12-21(17(13-16)20(24)25)19(23)18(14-7-3-1-4-8-14)15-9-5-2-6-10-15/h1-10,16-18,22H,11-13H2,(H,24,25). The van der Waals surface area contributed by atoms with Crippen molar-refractivity contribution in [3.05, 3.63) is 71.8 Å². The highest BCUT2D eigenvalue weighted by atomic mass is 16.4. The maximum atomic E-state index is 13.3. The predicted octanol–water partition coefficient (Wildman–Crippen LogP) is 2.25. The third-order valence-electron chi connectivity index (χ3n) is 4.66. The molecule has 1 heterocycles. The highest BCUT2D eigenvalue weighted by Gasteiger charge is 2.39. The lowest BCUT2D eigenvalue weighted by Crippen LogP contribution is -2.52. The second-order valence-corrected chi connectivity index (χ2v) is 6.32. The quantitative estimate of drug-likeness (QED) is 0.896. The van der Waals surface area contributed by atoms with E-state index in [-0.39, 0.29) is 18.9 Å². The average molecular weight is 339 g/mol. The first-order valence-corrected chi connectivity index (χ1v) is 8.39. The minimum atomic E-state index is -1.08. The first-order chi connectivity index (χ1) is 12.1. The molecule has 0 aliphatic carbocycles. The Morgan fingerprint density at radius 1 is 0.960 bits per heavy atom. The van der Waals surface area contributed by atoms with E-state index in [1.54, 1.807) is 0 Å². The van der Waals surface area contributed by atoms with Gasteiger partial charge < -0.3 is 15.1 Å². The summed E-state index contributed by atoms with van der Waals surface area (Å²) in [5.41, 5.74) is 1.66. The van der Waals surface area contributed by atoms with Crippen LogP contribution in [0.1, 0.15) is 29.9 Å². The molecule has 1 aliphatic rings. The minimum Gasteiger partial charge on any atom is -0.480 e. The van der Waals surface area contributed by atoms with Crippen LogP contribution in [0.4, 0.5) is 0 Å². The molecular weight excluding hydrogens is 318 g/mol. The highest BCUT2D eigenvalue weighted by molar-refractivity contribution is 5.91. The second-order valence-electron chi connectivity index (χ2n) is 6.32. The molecule has 0 bridgehead atoms. The molecule has 3 rings (SSSR count). The molecule has 2 N–H and O–H groups in total. The van der Waals surface area contributed by atoms with E-state index in [2.05, 4.69) is 0 Å². The predicted molar refractivity (Wildman–Crippen MR) is 93.1 cm³/mol. The zero-order chi connectivity index (χ0) is 17.8. The van der Waals surface area contributed by atoms with Crippen LogP contribution < -0.4 is 0 Å². The molecule has 0 spiro atoms. The summed E-state index contributed by atoms with van der Waals surface area (Å²) in [4.78, 5) is 26.3. The molecule has 5 nitrogen and oxygen atoms in total. The molecule has 1 saturated heterocycles. The lowest BCUT2D eigenvalue weighted by Gasteiger charge is -2.37. The fourth-order valence-corrected chi connectivity index (χ4v) is 3.38. The third-order valence-corrected chi connectivity index (χ3v) is 4.66. The lowest BCUT2D eigenvalue weighted by molar-refractivity contribution is -0.154. The Balaban J connectivity index is 1.98. The van der Waals surface area contributed by atoms with Crippen LogP contribution in [0.5, 0.6) is 0 Å². The number of carbonyl (C=O) groups excluding carboxylic acids is 1. The highest BCUT2D eigenvalue weighted by Crippen LogP contribution is 2.30. The van der Waals surface area contributed by atoms with Crippen molar-refractivity contribution >= 4 is 11.9 Å². The molecule has 2 unspecified atom stereocenters. The Morgan fingerprint density at radius 3 is 1.96 bits per heavy atom. The molecule has 130 valence electrons. The zero-order valence-electron chi connectivity index (χ0n) is 13.8. The molecule has 0 saturated carbocycles. The number of piperidine rings is 1. The normalized spacial score (nSPS) is 20.5. The molecule has 2 aromatic carbocycles. The van der Waals surface area contributed by atoms with Crippen LogP contribution in [-0.2, 0) is 9.59 Å². The van der Waals surface area contributed by atoms with Crippen LogP contribution >= 0.6 is 0 Å². The van der Waals surface area contributed by atoms with Gasteiger partial charge in [0.1, 0.15) is 6.04 Å². The zero-order valence-corrected chi connectivity index (χ0v) is 13.8. The Hall–Kier alpha value is -2.66. The molecule has 25 heavy (non-hydrogen) atoms. The third kappa shape index (κ3) is 3.72. The van der Waals surface area contributed by atoms with E-state index >= 15 is 0 Å². The number of hydrogen-bond acceptors (Lipinski definition) is 3. The van der Waals surface area contributed by atoms with Gasteiger partial charge in [0.25, 0.3) is 0 Å². The molecule has 1 aliphatic heterocycles. The monoisotopic (exact) mass is 339 g/mol. The number of rotatable bonds is 4. The van der Waals surface area contributed by atoms with Gasteiger partial charge in [-0.25, -0.2) is 4.79 Å². The maximum absolute atomic E-state index is 13.3. The van der Waals surface area contributed by atoms with Gasteiger partial charge in [0.15, 0.2) is 0 Å². The number of hydrogen-bond donors (Lipinski definition) is 2. The van der Waals surface area contributed by atoms with E-state index in [4.69, 9.17) is 0 Å². The van der Waals surface area contributed by atoms with Crippen molar-refractivity contribution < 1.29 is 19.8 Å². The fourth-order valence-electron chi connectivity index (χ4n) is 3.38. The van der Waals surface area contributed by atoms with Crippen molar-refractivity contribution in [1.29, 1.82) is 0 Å². The molecule has 5 heteroatoms. The summed E-state index contributed by atoms with van der Waals surface area (Å²) in [6.07, 6.45) is -0.222. The number of carboxylic acids is 1. The van der Waals surface area contributed by atoms with E-state index in [0.717, 1.165) is 11.1 Å². The summed E-state index contributed by atoms with van der Waals surface area (Å²) < 4.78 is 0. The van der Waals surface area contributed by atoms with E-state index in [1.165, 1.54) is 4.90 Å². The summed E-state index contributed by atoms with van der Waals surface area (Å²) in [6, 6.07) is 17.8.